The summed E-state index contributed by atoms with van der Waals surface area (Å²) in [7, 11) is 0. The number of nitrogens with zero attached hydrogens (tertiary/aromatic N) is 2. The first-order valence-electron chi connectivity index (χ1n) is 7.50. The number of rotatable bonds is 7. The molecule has 2 rings (SSSR count). The standard InChI is InChI=1S/C16H21ClF2N2/c1-3-4-5-6-11(2)21-14(9-10-17)20-13-8-7-12(18)15(19)16(13)21/h7-8,11H,3-6,9-10H2,1-2H3. The maximum Gasteiger partial charge on any atom is 0.184 e. The predicted molar refractivity (Wildman–Crippen MR) is 82.9 cm³/mol. The number of benzene rings is 1. The molecule has 1 heterocycles. The predicted octanol–water partition coefficient (Wildman–Crippen LogP) is 5.24. The molecule has 0 bridgehead atoms. The van der Waals surface area contributed by atoms with Gasteiger partial charge in [0.1, 0.15) is 11.3 Å². The molecule has 2 aromatic rings. The summed E-state index contributed by atoms with van der Waals surface area (Å²) in [6.45, 7) is 4.17. The van der Waals surface area contributed by atoms with Crippen LogP contribution in [0.1, 0.15) is 51.4 Å². The van der Waals surface area contributed by atoms with Crippen LogP contribution in [0.25, 0.3) is 11.0 Å². The first kappa shape index (κ1) is 16.2. The molecule has 0 aliphatic rings. The molecule has 0 radical (unpaired) electrons. The molecule has 0 N–H and O–H groups in total. The molecule has 0 saturated heterocycles. The molecule has 1 aromatic heterocycles. The minimum absolute atomic E-state index is 0.0797. The van der Waals surface area contributed by atoms with E-state index in [1.54, 1.807) is 0 Å². The average Bonchev–Trinajstić information content (AvgIpc) is 2.82. The Morgan fingerprint density at radius 3 is 2.71 bits per heavy atom. The van der Waals surface area contributed by atoms with Crippen LogP contribution in [0.5, 0.6) is 0 Å². The van der Waals surface area contributed by atoms with Gasteiger partial charge in [0.2, 0.25) is 0 Å². The molecule has 21 heavy (non-hydrogen) atoms. The van der Waals surface area contributed by atoms with Crippen molar-refractivity contribution in [3.63, 3.8) is 0 Å². The lowest BCUT2D eigenvalue weighted by Crippen LogP contribution is -2.11. The normalized spacial score (nSPS) is 13.0. The highest BCUT2D eigenvalue weighted by molar-refractivity contribution is 6.17. The second-order valence-electron chi connectivity index (χ2n) is 5.41. The van der Waals surface area contributed by atoms with Crippen LogP contribution >= 0.6 is 11.6 Å². The van der Waals surface area contributed by atoms with Crippen LogP contribution in [0.3, 0.4) is 0 Å². The summed E-state index contributed by atoms with van der Waals surface area (Å²) >= 11 is 5.82. The minimum atomic E-state index is -0.832. The zero-order valence-electron chi connectivity index (χ0n) is 12.5. The van der Waals surface area contributed by atoms with Gasteiger partial charge in [-0.3, -0.25) is 0 Å². The lowest BCUT2D eigenvalue weighted by atomic mass is 10.1. The number of unbranched alkanes of at least 4 members (excludes halogenated alkanes) is 2. The number of halogens is 3. The molecule has 1 aromatic carbocycles. The Labute approximate surface area is 129 Å². The van der Waals surface area contributed by atoms with Crippen molar-refractivity contribution in [2.24, 2.45) is 0 Å². The van der Waals surface area contributed by atoms with Gasteiger partial charge in [-0.15, -0.1) is 11.6 Å². The molecule has 2 nitrogen and oxygen atoms in total. The first-order chi connectivity index (χ1) is 10.1. The highest BCUT2D eigenvalue weighted by Crippen LogP contribution is 2.28. The Kier molecular flexibility index (Phi) is 5.57. The SMILES string of the molecule is CCCCCC(C)n1c(CCCl)nc2ccc(F)c(F)c21. The van der Waals surface area contributed by atoms with Gasteiger partial charge in [-0.05, 0) is 25.5 Å². The summed E-state index contributed by atoms with van der Waals surface area (Å²) < 4.78 is 29.6. The van der Waals surface area contributed by atoms with Gasteiger partial charge in [-0.1, -0.05) is 26.2 Å². The van der Waals surface area contributed by atoms with Crippen LogP contribution < -0.4 is 0 Å². The Morgan fingerprint density at radius 2 is 2.05 bits per heavy atom. The molecule has 0 saturated carbocycles. The van der Waals surface area contributed by atoms with Gasteiger partial charge >= 0.3 is 0 Å². The molecular weight excluding hydrogens is 294 g/mol. The topological polar surface area (TPSA) is 17.8 Å². The molecule has 0 spiro atoms. The summed E-state index contributed by atoms with van der Waals surface area (Å²) in [4.78, 5) is 4.43. The number of imidazole rings is 1. The highest BCUT2D eigenvalue weighted by atomic mass is 35.5. The fourth-order valence-electron chi connectivity index (χ4n) is 2.73. The van der Waals surface area contributed by atoms with Gasteiger partial charge in [-0.25, -0.2) is 13.8 Å². The van der Waals surface area contributed by atoms with Crippen molar-refractivity contribution in [1.29, 1.82) is 0 Å². The molecule has 1 unspecified atom stereocenters. The van der Waals surface area contributed by atoms with Gasteiger partial charge in [0, 0.05) is 18.3 Å². The second kappa shape index (κ2) is 7.21. The van der Waals surface area contributed by atoms with Crippen LogP contribution in [-0.2, 0) is 6.42 Å². The van der Waals surface area contributed by atoms with E-state index in [2.05, 4.69) is 11.9 Å². The van der Waals surface area contributed by atoms with Crippen LogP contribution in [0.15, 0.2) is 12.1 Å². The number of hydrogen-bond donors (Lipinski definition) is 0. The summed E-state index contributed by atoms with van der Waals surface area (Å²) in [5.41, 5.74) is 0.760. The average molecular weight is 315 g/mol. The second-order valence-corrected chi connectivity index (χ2v) is 5.79. The quantitative estimate of drug-likeness (QED) is 0.505. The Hall–Kier alpha value is -1.16. The van der Waals surface area contributed by atoms with Crippen LogP contribution in [0.4, 0.5) is 8.78 Å². The zero-order chi connectivity index (χ0) is 15.4. The van der Waals surface area contributed by atoms with Crippen LogP contribution in [-0.4, -0.2) is 15.4 Å². The highest BCUT2D eigenvalue weighted by Gasteiger charge is 2.20. The van der Waals surface area contributed by atoms with Gasteiger partial charge in [-0.2, -0.15) is 0 Å². The van der Waals surface area contributed by atoms with Gasteiger partial charge in [0.05, 0.1) is 5.52 Å². The summed E-state index contributed by atoms with van der Waals surface area (Å²) in [5, 5.41) is 0. The van der Waals surface area contributed by atoms with Crippen molar-refractivity contribution in [3.8, 4) is 0 Å². The van der Waals surface area contributed by atoms with Crippen molar-refractivity contribution >= 4 is 22.6 Å². The first-order valence-corrected chi connectivity index (χ1v) is 8.04. The van der Waals surface area contributed by atoms with E-state index in [1.807, 2.05) is 11.5 Å². The summed E-state index contributed by atoms with van der Waals surface area (Å²) in [6, 6.07) is 2.73. The van der Waals surface area contributed by atoms with Crippen LogP contribution in [0.2, 0.25) is 0 Å². The number of hydrogen-bond acceptors (Lipinski definition) is 1. The van der Waals surface area contributed by atoms with E-state index in [0.29, 0.717) is 17.8 Å². The van der Waals surface area contributed by atoms with E-state index in [4.69, 9.17) is 11.6 Å². The third-order valence-corrected chi connectivity index (χ3v) is 3.99. The Morgan fingerprint density at radius 1 is 1.29 bits per heavy atom. The van der Waals surface area contributed by atoms with E-state index >= 15 is 0 Å². The molecule has 0 aliphatic carbocycles. The molecule has 5 heteroatoms. The lowest BCUT2D eigenvalue weighted by molar-refractivity contribution is 0.461. The van der Waals surface area contributed by atoms with Crippen molar-refractivity contribution in [2.45, 2.75) is 52.0 Å². The third kappa shape index (κ3) is 3.37. The van der Waals surface area contributed by atoms with Crippen molar-refractivity contribution in [1.82, 2.24) is 9.55 Å². The van der Waals surface area contributed by atoms with E-state index in [0.717, 1.165) is 37.6 Å². The molecule has 116 valence electrons. The zero-order valence-corrected chi connectivity index (χ0v) is 13.3. The fourth-order valence-corrected chi connectivity index (χ4v) is 2.89. The molecule has 0 amide bonds. The summed E-state index contributed by atoms with van der Waals surface area (Å²) in [5.74, 6) is -0.506. The number of fused-ring (bicyclic) bond motifs is 1. The fraction of sp³-hybridized carbons (Fsp3) is 0.562. The van der Waals surface area contributed by atoms with E-state index in [9.17, 15) is 8.78 Å². The Bertz CT molecular complexity index is 610. The largest absolute Gasteiger partial charge is 0.323 e. The lowest BCUT2D eigenvalue weighted by Gasteiger charge is -2.17. The minimum Gasteiger partial charge on any atom is -0.323 e. The summed E-state index contributed by atoms with van der Waals surface area (Å²) in [6.07, 6.45) is 4.81. The monoisotopic (exact) mass is 314 g/mol. The maximum absolute atomic E-state index is 14.2. The molecule has 0 fully saturated rings. The maximum atomic E-state index is 14.2. The third-order valence-electron chi connectivity index (χ3n) is 3.80. The van der Waals surface area contributed by atoms with Gasteiger partial charge < -0.3 is 4.57 Å². The van der Waals surface area contributed by atoms with Gasteiger partial charge in [0.25, 0.3) is 0 Å². The number of aromatic nitrogens is 2. The molecular formula is C16H21ClF2N2. The smallest absolute Gasteiger partial charge is 0.184 e. The molecule has 0 aliphatic heterocycles. The number of aryl methyl sites for hydroxylation is 1. The number of alkyl halides is 1. The Balaban J connectivity index is 2.46. The van der Waals surface area contributed by atoms with Crippen molar-refractivity contribution in [3.05, 3.63) is 29.6 Å². The van der Waals surface area contributed by atoms with Gasteiger partial charge in [0.15, 0.2) is 11.6 Å². The van der Waals surface area contributed by atoms with Crippen molar-refractivity contribution in [2.75, 3.05) is 5.88 Å². The van der Waals surface area contributed by atoms with E-state index in [1.165, 1.54) is 6.07 Å². The van der Waals surface area contributed by atoms with Crippen molar-refractivity contribution < 1.29 is 8.78 Å². The van der Waals surface area contributed by atoms with Crippen LogP contribution in [0, 0.1) is 11.6 Å². The van der Waals surface area contributed by atoms with E-state index in [-0.39, 0.29) is 11.6 Å². The van der Waals surface area contributed by atoms with E-state index < -0.39 is 11.6 Å². The molecule has 1 atom stereocenters.